The van der Waals surface area contributed by atoms with Gasteiger partial charge in [0.1, 0.15) is 0 Å². The van der Waals surface area contributed by atoms with Crippen LogP contribution in [0, 0.1) is 11.8 Å². The third kappa shape index (κ3) is 3.77. The van der Waals surface area contributed by atoms with Crippen molar-refractivity contribution in [3.8, 4) is 0 Å². The van der Waals surface area contributed by atoms with Crippen molar-refractivity contribution in [3.05, 3.63) is 5.82 Å². The number of nitrogens with zero attached hydrogens (tertiary/aromatic N) is 4. The third-order valence-corrected chi connectivity index (χ3v) is 3.62. The molecule has 2 unspecified atom stereocenters. The number of aromatic nitrogens is 4. The molecule has 0 amide bonds. The van der Waals surface area contributed by atoms with Crippen LogP contribution in [0.5, 0.6) is 0 Å². The highest BCUT2D eigenvalue weighted by atomic mass is 15.5. The maximum absolute atomic E-state index is 4.12. The predicted molar refractivity (Wildman–Crippen MR) is 70.9 cm³/mol. The summed E-state index contributed by atoms with van der Waals surface area (Å²) in [5.74, 6) is 2.56. The number of rotatable bonds is 4. The summed E-state index contributed by atoms with van der Waals surface area (Å²) in [6.45, 7) is 10.5. The van der Waals surface area contributed by atoms with Crippen molar-refractivity contribution in [3.63, 3.8) is 0 Å². The van der Waals surface area contributed by atoms with Crippen molar-refractivity contribution in [1.29, 1.82) is 0 Å². The summed E-state index contributed by atoms with van der Waals surface area (Å²) < 4.78 is 1.97. The molecule has 0 saturated heterocycles. The summed E-state index contributed by atoms with van der Waals surface area (Å²) in [7, 11) is 0. The van der Waals surface area contributed by atoms with Crippen LogP contribution < -0.4 is 5.32 Å². The molecule has 1 N–H and O–H groups in total. The van der Waals surface area contributed by atoms with Crippen LogP contribution in [0.2, 0.25) is 0 Å². The zero-order chi connectivity index (χ0) is 13.2. The molecule has 0 aliphatic heterocycles. The second-order valence-corrected chi connectivity index (χ2v) is 6.67. The van der Waals surface area contributed by atoms with Crippen LogP contribution >= 0.6 is 0 Å². The first-order chi connectivity index (χ1) is 8.44. The van der Waals surface area contributed by atoms with Gasteiger partial charge >= 0.3 is 0 Å². The van der Waals surface area contributed by atoms with Gasteiger partial charge in [-0.05, 0) is 55.9 Å². The van der Waals surface area contributed by atoms with Gasteiger partial charge in [-0.15, -0.1) is 5.10 Å². The lowest BCUT2D eigenvalue weighted by atomic mass is 10.1. The molecule has 1 aliphatic carbocycles. The minimum atomic E-state index is 0.0959. The van der Waals surface area contributed by atoms with Crippen molar-refractivity contribution in [2.75, 3.05) is 0 Å². The highest BCUT2D eigenvalue weighted by molar-refractivity contribution is 4.85. The molecule has 18 heavy (non-hydrogen) atoms. The molecule has 5 heteroatoms. The molecule has 0 bridgehead atoms. The van der Waals surface area contributed by atoms with E-state index in [2.05, 4.69) is 48.5 Å². The molecule has 102 valence electrons. The average Bonchev–Trinajstić information content (AvgIpc) is 2.85. The van der Waals surface area contributed by atoms with E-state index < -0.39 is 0 Å². The van der Waals surface area contributed by atoms with E-state index in [0.29, 0.717) is 0 Å². The normalized spacial score (nSPS) is 24.7. The Bertz CT molecular complexity index is 379. The quantitative estimate of drug-likeness (QED) is 0.889. The fourth-order valence-corrected chi connectivity index (χ4v) is 2.57. The van der Waals surface area contributed by atoms with E-state index in [1.54, 1.807) is 0 Å². The van der Waals surface area contributed by atoms with Crippen LogP contribution in [-0.4, -0.2) is 25.7 Å². The topological polar surface area (TPSA) is 55.6 Å². The van der Waals surface area contributed by atoms with Crippen molar-refractivity contribution in [1.82, 2.24) is 25.5 Å². The maximum atomic E-state index is 4.12. The molecular formula is C13H25N5. The van der Waals surface area contributed by atoms with E-state index in [1.807, 2.05) is 4.68 Å². The van der Waals surface area contributed by atoms with Crippen LogP contribution in [0.4, 0.5) is 0 Å². The van der Waals surface area contributed by atoms with E-state index in [9.17, 15) is 0 Å². The summed E-state index contributed by atoms with van der Waals surface area (Å²) in [6.07, 6.45) is 3.97. The number of tetrazole rings is 1. The van der Waals surface area contributed by atoms with Gasteiger partial charge in [0.2, 0.25) is 0 Å². The zero-order valence-corrected chi connectivity index (χ0v) is 12.0. The van der Waals surface area contributed by atoms with Crippen LogP contribution in [0.15, 0.2) is 0 Å². The van der Waals surface area contributed by atoms with Gasteiger partial charge in [-0.3, -0.25) is 0 Å². The highest BCUT2D eigenvalue weighted by Crippen LogP contribution is 2.31. The van der Waals surface area contributed by atoms with E-state index in [0.717, 1.165) is 30.7 Å². The van der Waals surface area contributed by atoms with Crippen molar-refractivity contribution in [2.45, 2.75) is 65.6 Å². The molecule has 2 rings (SSSR count). The van der Waals surface area contributed by atoms with Crippen LogP contribution in [0.3, 0.4) is 0 Å². The first-order valence-corrected chi connectivity index (χ1v) is 6.94. The van der Waals surface area contributed by atoms with Crippen molar-refractivity contribution >= 4 is 0 Å². The molecule has 0 aromatic carbocycles. The molecule has 0 spiro atoms. The Morgan fingerprint density at radius 1 is 1.33 bits per heavy atom. The molecule has 1 aromatic heterocycles. The Balaban J connectivity index is 1.91. The van der Waals surface area contributed by atoms with Gasteiger partial charge in [0, 0.05) is 12.1 Å². The third-order valence-electron chi connectivity index (χ3n) is 3.62. The van der Waals surface area contributed by atoms with E-state index in [1.165, 1.54) is 19.3 Å². The summed E-state index contributed by atoms with van der Waals surface area (Å²) in [5.41, 5.74) is 0.0959. The lowest BCUT2D eigenvalue weighted by molar-refractivity contribution is 0.377. The smallest absolute Gasteiger partial charge is 0.165 e. The van der Waals surface area contributed by atoms with E-state index >= 15 is 0 Å². The van der Waals surface area contributed by atoms with E-state index in [-0.39, 0.29) is 5.54 Å². The molecule has 1 fully saturated rings. The second-order valence-electron chi connectivity index (χ2n) is 6.67. The summed E-state index contributed by atoms with van der Waals surface area (Å²) in [6, 6.07) is 0. The maximum Gasteiger partial charge on any atom is 0.165 e. The SMILES string of the molecule is CC1CCC(Cn2nnnc2CNC(C)(C)C)C1. The van der Waals surface area contributed by atoms with Gasteiger partial charge in [-0.25, -0.2) is 4.68 Å². The Hall–Kier alpha value is -0.970. The zero-order valence-electron chi connectivity index (χ0n) is 12.0. The lowest BCUT2D eigenvalue weighted by Crippen LogP contribution is -2.36. The molecular weight excluding hydrogens is 226 g/mol. The van der Waals surface area contributed by atoms with Gasteiger partial charge in [-0.1, -0.05) is 13.3 Å². The largest absolute Gasteiger partial charge is 0.305 e. The minimum absolute atomic E-state index is 0.0959. The van der Waals surface area contributed by atoms with E-state index in [4.69, 9.17) is 0 Å². The predicted octanol–water partition coefficient (Wildman–Crippen LogP) is 2.00. The summed E-state index contributed by atoms with van der Waals surface area (Å²) in [5, 5.41) is 15.5. The standard InChI is InChI=1S/C13H25N5/c1-10-5-6-11(7-10)9-18-12(15-16-17-18)8-14-13(2,3)4/h10-11,14H,5-9H2,1-4H3. The lowest BCUT2D eigenvalue weighted by Gasteiger charge is -2.20. The van der Waals surface area contributed by atoms with Crippen molar-refractivity contribution < 1.29 is 0 Å². The monoisotopic (exact) mass is 251 g/mol. The Labute approximate surface area is 109 Å². The highest BCUT2D eigenvalue weighted by Gasteiger charge is 2.23. The molecule has 5 nitrogen and oxygen atoms in total. The minimum Gasteiger partial charge on any atom is -0.305 e. The molecule has 0 radical (unpaired) electrons. The average molecular weight is 251 g/mol. The Kier molecular flexibility index (Phi) is 4.00. The Morgan fingerprint density at radius 2 is 2.11 bits per heavy atom. The second kappa shape index (κ2) is 5.34. The van der Waals surface area contributed by atoms with Gasteiger partial charge in [0.15, 0.2) is 5.82 Å². The molecule has 1 aliphatic rings. The van der Waals surface area contributed by atoms with Gasteiger partial charge in [0.05, 0.1) is 6.54 Å². The summed E-state index contributed by atoms with van der Waals surface area (Å²) in [4.78, 5) is 0. The molecule has 1 saturated carbocycles. The summed E-state index contributed by atoms with van der Waals surface area (Å²) >= 11 is 0. The fraction of sp³-hybridized carbons (Fsp3) is 0.923. The van der Waals surface area contributed by atoms with Gasteiger partial charge in [0.25, 0.3) is 0 Å². The fourth-order valence-electron chi connectivity index (χ4n) is 2.57. The first kappa shape index (κ1) is 13.5. The number of hydrogen-bond donors (Lipinski definition) is 1. The molecule has 1 aromatic rings. The van der Waals surface area contributed by atoms with Crippen molar-refractivity contribution in [2.24, 2.45) is 11.8 Å². The number of nitrogens with one attached hydrogen (secondary N) is 1. The van der Waals surface area contributed by atoms with Gasteiger partial charge < -0.3 is 5.32 Å². The molecule has 1 heterocycles. The van der Waals surface area contributed by atoms with Crippen LogP contribution in [0.25, 0.3) is 0 Å². The molecule has 2 atom stereocenters. The number of hydrogen-bond acceptors (Lipinski definition) is 4. The van der Waals surface area contributed by atoms with Gasteiger partial charge in [-0.2, -0.15) is 0 Å². The van der Waals surface area contributed by atoms with Crippen LogP contribution in [-0.2, 0) is 13.1 Å². The van der Waals surface area contributed by atoms with Crippen LogP contribution in [0.1, 0.15) is 52.8 Å². The Morgan fingerprint density at radius 3 is 2.72 bits per heavy atom. The first-order valence-electron chi connectivity index (χ1n) is 6.94.